The smallest absolute Gasteiger partial charge is 0.180 e. The van der Waals surface area contributed by atoms with Gasteiger partial charge in [0, 0.05) is 11.1 Å². The van der Waals surface area contributed by atoms with Gasteiger partial charge in [0.25, 0.3) is 0 Å². The monoisotopic (exact) mass is 330 g/mol. The molecule has 0 saturated carbocycles. The van der Waals surface area contributed by atoms with E-state index in [1.807, 2.05) is 12.1 Å². The molecule has 4 aromatic rings. The van der Waals surface area contributed by atoms with Gasteiger partial charge in [0.2, 0.25) is 0 Å². The molecule has 0 atom stereocenters. The number of phenols is 2. The Kier molecular flexibility index (Phi) is 3.43. The minimum absolute atomic E-state index is 0.127. The van der Waals surface area contributed by atoms with Crippen molar-refractivity contribution in [2.24, 2.45) is 0 Å². The quantitative estimate of drug-likeness (QED) is 0.520. The van der Waals surface area contributed by atoms with Crippen LogP contribution in [0.2, 0.25) is 0 Å². The van der Waals surface area contributed by atoms with Gasteiger partial charge < -0.3 is 15.9 Å². The van der Waals surface area contributed by atoms with E-state index < -0.39 is 0 Å². The predicted octanol–water partition coefficient (Wildman–Crippen LogP) is 3.35. The van der Waals surface area contributed by atoms with E-state index >= 15 is 0 Å². The van der Waals surface area contributed by atoms with Crippen molar-refractivity contribution < 1.29 is 10.2 Å². The van der Waals surface area contributed by atoms with E-state index in [0.717, 1.165) is 0 Å². The molecule has 0 spiro atoms. The summed E-state index contributed by atoms with van der Waals surface area (Å²) >= 11 is 0. The van der Waals surface area contributed by atoms with Gasteiger partial charge in [-0.1, -0.05) is 24.3 Å². The molecule has 0 fully saturated rings. The second-order valence-corrected chi connectivity index (χ2v) is 5.60. The Morgan fingerprint density at radius 1 is 0.680 bits per heavy atom. The maximum absolute atomic E-state index is 9.81. The van der Waals surface area contributed by atoms with Crippen LogP contribution in [0.15, 0.2) is 60.7 Å². The number of hydrogen-bond donors (Lipinski definition) is 3. The van der Waals surface area contributed by atoms with E-state index in [-0.39, 0.29) is 11.5 Å². The maximum Gasteiger partial charge on any atom is 0.180 e. The fourth-order valence-corrected chi connectivity index (χ4v) is 2.67. The van der Waals surface area contributed by atoms with Crippen LogP contribution < -0.4 is 5.73 Å². The molecule has 0 radical (unpaired) electrons. The third kappa shape index (κ3) is 2.81. The van der Waals surface area contributed by atoms with Crippen molar-refractivity contribution in [1.82, 2.24) is 15.0 Å². The Morgan fingerprint density at radius 3 is 1.88 bits per heavy atom. The first-order valence-corrected chi connectivity index (χ1v) is 7.63. The first-order valence-electron chi connectivity index (χ1n) is 7.63. The van der Waals surface area contributed by atoms with Gasteiger partial charge in [-0.2, -0.15) is 0 Å². The molecule has 6 nitrogen and oxygen atoms in total. The fourth-order valence-electron chi connectivity index (χ4n) is 2.67. The minimum Gasteiger partial charge on any atom is -0.508 e. The standard InChI is InChI=1S/C19H14N4O2/c20-16-8-7-15-19(22-16)23-18(12-4-2-6-14(25)10-12)17(21-15)11-3-1-5-13(24)9-11/h1-10,24-25H,(H2,20,22,23). The van der Waals surface area contributed by atoms with Crippen LogP contribution in [0, 0.1) is 0 Å². The Labute approximate surface area is 143 Å². The van der Waals surface area contributed by atoms with Gasteiger partial charge in [0.15, 0.2) is 5.65 Å². The predicted molar refractivity (Wildman–Crippen MR) is 95.9 cm³/mol. The lowest BCUT2D eigenvalue weighted by molar-refractivity contribution is 0.475. The molecule has 2 heterocycles. The minimum atomic E-state index is 0.127. The number of nitrogen functional groups attached to an aromatic ring is 1. The number of rotatable bonds is 2. The van der Waals surface area contributed by atoms with Crippen molar-refractivity contribution in [2.45, 2.75) is 0 Å². The van der Waals surface area contributed by atoms with Crippen LogP contribution >= 0.6 is 0 Å². The van der Waals surface area contributed by atoms with Crippen molar-refractivity contribution in [3.05, 3.63) is 60.7 Å². The molecule has 0 bridgehead atoms. The second-order valence-electron chi connectivity index (χ2n) is 5.60. The molecule has 2 aromatic carbocycles. The van der Waals surface area contributed by atoms with E-state index in [0.29, 0.717) is 39.5 Å². The first-order chi connectivity index (χ1) is 12.1. The third-order valence-electron chi connectivity index (χ3n) is 3.79. The summed E-state index contributed by atoms with van der Waals surface area (Å²) < 4.78 is 0. The molecule has 6 heteroatoms. The number of pyridine rings is 1. The average Bonchev–Trinajstić information content (AvgIpc) is 2.60. The second kappa shape index (κ2) is 5.76. The Bertz CT molecular complexity index is 1100. The van der Waals surface area contributed by atoms with Crippen LogP contribution in [-0.2, 0) is 0 Å². The summed E-state index contributed by atoms with van der Waals surface area (Å²) in [7, 11) is 0. The van der Waals surface area contributed by atoms with E-state index in [2.05, 4.69) is 15.0 Å². The molecular formula is C19H14N4O2. The molecule has 0 aliphatic heterocycles. The number of aromatic nitrogens is 3. The van der Waals surface area contributed by atoms with Gasteiger partial charge in [0.05, 0.1) is 11.4 Å². The maximum atomic E-state index is 9.81. The van der Waals surface area contributed by atoms with Gasteiger partial charge in [-0.15, -0.1) is 0 Å². The molecule has 0 aliphatic carbocycles. The number of phenolic OH excluding ortho intramolecular Hbond substituents is 2. The van der Waals surface area contributed by atoms with Crippen LogP contribution in [0.1, 0.15) is 0 Å². The first kappa shape index (κ1) is 14.9. The number of nitrogens with zero attached hydrogens (tertiary/aromatic N) is 3. The molecule has 0 aliphatic rings. The van der Waals surface area contributed by atoms with Gasteiger partial charge in [0.1, 0.15) is 22.8 Å². The van der Waals surface area contributed by atoms with Crippen LogP contribution in [0.5, 0.6) is 11.5 Å². The van der Waals surface area contributed by atoms with Crippen molar-refractivity contribution in [2.75, 3.05) is 5.73 Å². The number of nitrogens with two attached hydrogens (primary N) is 1. The van der Waals surface area contributed by atoms with E-state index in [1.165, 1.54) is 0 Å². The summed E-state index contributed by atoms with van der Waals surface area (Å²) in [5.41, 5.74) is 9.30. The highest BCUT2D eigenvalue weighted by Crippen LogP contribution is 2.33. The van der Waals surface area contributed by atoms with Gasteiger partial charge in [-0.3, -0.25) is 0 Å². The normalized spacial score (nSPS) is 10.9. The SMILES string of the molecule is Nc1ccc2nc(-c3cccc(O)c3)c(-c3cccc(O)c3)nc2n1. The van der Waals surface area contributed by atoms with Crippen LogP contribution in [-0.4, -0.2) is 25.2 Å². The summed E-state index contributed by atoms with van der Waals surface area (Å²) in [4.78, 5) is 13.5. The van der Waals surface area contributed by atoms with Crippen LogP contribution in [0.3, 0.4) is 0 Å². The van der Waals surface area contributed by atoms with E-state index in [1.54, 1.807) is 48.5 Å². The summed E-state index contributed by atoms with van der Waals surface area (Å²) in [6.45, 7) is 0. The zero-order valence-electron chi connectivity index (χ0n) is 13.1. The molecule has 25 heavy (non-hydrogen) atoms. The number of benzene rings is 2. The summed E-state index contributed by atoms with van der Waals surface area (Å²) in [5.74, 6) is 0.618. The molecule has 4 N–H and O–H groups in total. The Hall–Kier alpha value is -3.67. The number of fused-ring (bicyclic) bond motifs is 1. The average molecular weight is 330 g/mol. The Morgan fingerprint density at radius 2 is 1.28 bits per heavy atom. The zero-order valence-corrected chi connectivity index (χ0v) is 13.1. The highest BCUT2D eigenvalue weighted by molar-refractivity contribution is 5.85. The summed E-state index contributed by atoms with van der Waals surface area (Å²) in [5, 5.41) is 19.6. The Balaban J connectivity index is 2.05. The van der Waals surface area contributed by atoms with Gasteiger partial charge >= 0.3 is 0 Å². The summed E-state index contributed by atoms with van der Waals surface area (Å²) in [6.07, 6.45) is 0. The van der Waals surface area contributed by atoms with Crippen molar-refractivity contribution >= 4 is 17.0 Å². The zero-order chi connectivity index (χ0) is 17.4. The highest BCUT2D eigenvalue weighted by atomic mass is 16.3. The van der Waals surface area contributed by atoms with Crippen molar-refractivity contribution in [3.63, 3.8) is 0 Å². The lowest BCUT2D eigenvalue weighted by Gasteiger charge is -2.11. The molecule has 122 valence electrons. The number of hydrogen-bond acceptors (Lipinski definition) is 6. The largest absolute Gasteiger partial charge is 0.508 e. The van der Waals surface area contributed by atoms with Crippen molar-refractivity contribution in [1.29, 1.82) is 0 Å². The molecule has 0 amide bonds. The molecule has 2 aromatic heterocycles. The molecular weight excluding hydrogens is 316 g/mol. The van der Waals surface area contributed by atoms with E-state index in [4.69, 9.17) is 5.73 Å². The fraction of sp³-hybridized carbons (Fsp3) is 0. The van der Waals surface area contributed by atoms with E-state index in [9.17, 15) is 10.2 Å². The number of aromatic hydroxyl groups is 2. The van der Waals surface area contributed by atoms with Crippen molar-refractivity contribution in [3.8, 4) is 34.0 Å². The summed E-state index contributed by atoms with van der Waals surface area (Å²) in [6, 6.07) is 17.0. The third-order valence-corrected chi connectivity index (χ3v) is 3.79. The number of anilines is 1. The lowest BCUT2D eigenvalue weighted by Crippen LogP contribution is -1.99. The lowest BCUT2D eigenvalue weighted by atomic mass is 10.0. The highest BCUT2D eigenvalue weighted by Gasteiger charge is 2.15. The van der Waals surface area contributed by atoms with Crippen LogP contribution in [0.25, 0.3) is 33.7 Å². The topological polar surface area (TPSA) is 105 Å². The molecule has 0 saturated heterocycles. The molecule has 4 rings (SSSR count). The van der Waals surface area contributed by atoms with Crippen LogP contribution in [0.4, 0.5) is 5.82 Å². The van der Waals surface area contributed by atoms with Gasteiger partial charge in [-0.25, -0.2) is 15.0 Å². The molecule has 0 unspecified atom stereocenters. The van der Waals surface area contributed by atoms with Gasteiger partial charge in [-0.05, 0) is 36.4 Å².